The van der Waals surface area contributed by atoms with Gasteiger partial charge in [0.15, 0.2) is 0 Å². The number of rotatable bonds is 3. The molecule has 4 rings (SSSR count). The van der Waals surface area contributed by atoms with Crippen molar-refractivity contribution in [3.8, 4) is 34.1 Å². The van der Waals surface area contributed by atoms with Crippen LogP contribution in [0.15, 0.2) is 54.6 Å². The standard InChI is InChI=1S/C23H18N2O2/c1-14-8-18(27-2)6-7-19(14)22-11-21-17(13-25-23(21)26)10-20(22)16-5-3-4-15(9-16)12-24/h3-11H,13H2,1-2H3,(H,25,26). The number of carbonyl (C=O) groups excluding carboxylic acids is 1. The molecule has 4 heteroatoms. The Labute approximate surface area is 158 Å². The summed E-state index contributed by atoms with van der Waals surface area (Å²) in [6.07, 6.45) is 0. The van der Waals surface area contributed by atoms with Crippen LogP contribution in [0, 0.1) is 18.3 Å². The molecular weight excluding hydrogens is 336 g/mol. The molecule has 0 spiro atoms. The number of hydrogen-bond donors (Lipinski definition) is 1. The van der Waals surface area contributed by atoms with Gasteiger partial charge in [-0.15, -0.1) is 0 Å². The van der Waals surface area contributed by atoms with Crippen LogP contribution in [0.5, 0.6) is 5.75 Å². The van der Waals surface area contributed by atoms with Crippen LogP contribution in [0.2, 0.25) is 0 Å². The fourth-order valence-electron chi connectivity index (χ4n) is 3.56. The SMILES string of the molecule is COc1ccc(-c2cc3c(cc2-c2cccc(C#N)c2)CNC3=O)c(C)c1. The van der Waals surface area contributed by atoms with Crippen LogP contribution in [-0.4, -0.2) is 13.0 Å². The van der Waals surface area contributed by atoms with Crippen LogP contribution >= 0.6 is 0 Å². The summed E-state index contributed by atoms with van der Waals surface area (Å²) in [6, 6.07) is 19.7. The molecule has 3 aromatic carbocycles. The van der Waals surface area contributed by atoms with Gasteiger partial charge < -0.3 is 10.1 Å². The topological polar surface area (TPSA) is 62.1 Å². The van der Waals surface area contributed by atoms with Crippen molar-refractivity contribution in [3.63, 3.8) is 0 Å². The number of carbonyl (C=O) groups is 1. The number of nitrogens with zero attached hydrogens (tertiary/aromatic N) is 1. The van der Waals surface area contributed by atoms with E-state index in [2.05, 4.69) is 17.5 Å². The summed E-state index contributed by atoms with van der Waals surface area (Å²) in [4.78, 5) is 12.2. The monoisotopic (exact) mass is 354 g/mol. The van der Waals surface area contributed by atoms with Gasteiger partial charge in [0, 0.05) is 12.1 Å². The summed E-state index contributed by atoms with van der Waals surface area (Å²) >= 11 is 0. The molecule has 0 aliphatic carbocycles. The van der Waals surface area contributed by atoms with E-state index >= 15 is 0 Å². The highest BCUT2D eigenvalue weighted by molar-refractivity contribution is 6.02. The lowest BCUT2D eigenvalue weighted by Gasteiger charge is -2.15. The molecule has 1 aliphatic heterocycles. The van der Waals surface area contributed by atoms with Gasteiger partial charge in [-0.3, -0.25) is 4.79 Å². The lowest BCUT2D eigenvalue weighted by molar-refractivity contribution is 0.0966. The van der Waals surface area contributed by atoms with Crippen molar-refractivity contribution >= 4 is 5.91 Å². The number of hydrogen-bond acceptors (Lipinski definition) is 3. The first-order valence-electron chi connectivity index (χ1n) is 8.71. The zero-order valence-corrected chi connectivity index (χ0v) is 15.2. The van der Waals surface area contributed by atoms with Gasteiger partial charge in [0.05, 0.1) is 18.7 Å². The Balaban J connectivity index is 1.98. The van der Waals surface area contributed by atoms with E-state index in [1.165, 1.54) is 0 Å². The van der Waals surface area contributed by atoms with E-state index in [-0.39, 0.29) is 5.91 Å². The molecule has 1 heterocycles. The lowest BCUT2D eigenvalue weighted by Crippen LogP contribution is -2.12. The van der Waals surface area contributed by atoms with Gasteiger partial charge in [-0.2, -0.15) is 5.26 Å². The molecule has 4 nitrogen and oxygen atoms in total. The summed E-state index contributed by atoms with van der Waals surface area (Å²) in [5.41, 5.74) is 7.34. The van der Waals surface area contributed by atoms with Crippen molar-refractivity contribution in [2.24, 2.45) is 0 Å². The third kappa shape index (κ3) is 2.94. The van der Waals surface area contributed by atoms with Crippen molar-refractivity contribution in [1.82, 2.24) is 5.32 Å². The largest absolute Gasteiger partial charge is 0.497 e. The Morgan fingerprint density at radius 1 is 1.00 bits per heavy atom. The van der Waals surface area contributed by atoms with E-state index in [0.29, 0.717) is 17.7 Å². The molecule has 0 saturated carbocycles. The Bertz CT molecular complexity index is 1110. The summed E-state index contributed by atoms with van der Waals surface area (Å²) in [7, 11) is 1.65. The second kappa shape index (κ2) is 6.62. The summed E-state index contributed by atoms with van der Waals surface area (Å²) < 4.78 is 5.32. The molecule has 0 saturated heterocycles. The maximum atomic E-state index is 12.2. The molecule has 1 amide bonds. The quantitative estimate of drug-likeness (QED) is 0.756. The van der Waals surface area contributed by atoms with Gasteiger partial charge in [-0.1, -0.05) is 18.2 Å². The summed E-state index contributed by atoms with van der Waals surface area (Å²) in [5.74, 6) is 0.748. The molecule has 0 bridgehead atoms. The number of fused-ring (bicyclic) bond motifs is 1. The van der Waals surface area contributed by atoms with Gasteiger partial charge >= 0.3 is 0 Å². The normalized spacial score (nSPS) is 12.3. The minimum Gasteiger partial charge on any atom is -0.497 e. The predicted octanol–water partition coefficient (Wildman–Crippen LogP) is 4.45. The number of benzene rings is 3. The molecule has 3 aromatic rings. The molecule has 132 valence electrons. The van der Waals surface area contributed by atoms with E-state index in [9.17, 15) is 10.1 Å². The average molecular weight is 354 g/mol. The summed E-state index contributed by atoms with van der Waals surface area (Å²) in [5, 5.41) is 12.2. The molecule has 0 aromatic heterocycles. The number of amides is 1. The number of nitriles is 1. The predicted molar refractivity (Wildman–Crippen MR) is 104 cm³/mol. The molecular formula is C23H18N2O2. The molecule has 1 N–H and O–H groups in total. The van der Waals surface area contributed by atoms with Gasteiger partial charge in [0.25, 0.3) is 5.91 Å². The third-order valence-electron chi connectivity index (χ3n) is 4.95. The number of methoxy groups -OCH3 is 1. The molecule has 0 unspecified atom stereocenters. The zero-order chi connectivity index (χ0) is 19.0. The highest BCUT2D eigenvalue weighted by Crippen LogP contribution is 2.38. The van der Waals surface area contributed by atoms with Crippen molar-refractivity contribution in [1.29, 1.82) is 5.26 Å². The second-order valence-corrected chi connectivity index (χ2v) is 6.61. The minimum atomic E-state index is -0.0465. The maximum Gasteiger partial charge on any atom is 0.251 e. The Hall–Kier alpha value is -3.58. The molecule has 1 aliphatic rings. The molecule has 0 fully saturated rings. The fraction of sp³-hybridized carbons (Fsp3) is 0.130. The molecule has 0 atom stereocenters. The van der Waals surface area contributed by atoms with E-state index in [4.69, 9.17) is 4.74 Å². The van der Waals surface area contributed by atoms with Crippen LogP contribution in [-0.2, 0) is 6.54 Å². The first-order valence-corrected chi connectivity index (χ1v) is 8.71. The van der Waals surface area contributed by atoms with Crippen molar-refractivity contribution in [3.05, 3.63) is 76.9 Å². The number of nitrogens with one attached hydrogen (secondary N) is 1. The highest BCUT2D eigenvalue weighted by Gasteiger charge is 2.23. The Morgan fingerprint density at radius 3 is 2.59 bits per heavy atom. The van der Waals surface area contributed by atoms with Crippen LogP contribution < -0.4 is 10.1 Å². The van der Waals surface area contributed by atoms with Crippen LogP contribution in [0.3, 0.4) is 0 Å². The summed E-state index contributed by atoms with van der Waals surface area (Å²) in [6.45, 7) is 2.56. The van der Waals surface area contributed by atoms with Crippen molar-refractivity contribution in [2.75, 3.05) is 7.11 Å². The van der Waals surface area contributed by atoms with Crippen LogP contribution in [0.1, 0.15) is 27.0 Å². The number of ether oxygens (including phenoxy) is 1. The number of aryl methyl sites for hydroxylation is 1. The highest BCUT2D eigenvalue weighted by atomic mass is 16.5. The Kier molecular flexibility index (Phi) is 4.13. The van der Waals surface area contributed by atoms with Crippen molar-refractivity contribution < 1.29 is 9.53 Å². The van der Waals surface area contributed by atoms with Crippen LogP contribution in [0.4, 0.5) is 0 Å². The van der Waals surface area contributed by atoms with Crippen LogP contribution in [0.25, 0.3) is 22.3 Å². The molecule has 27 heavy (non-hydrogen) atoms. The average Bonchev–Trinajstić information content (AvgIpc) is 3.07. The van der Waals surface area contributed by atoms with Gasteiger partial charge in [-0.05, 0) is 76.7 Å². The van der Waals surface area contributed by atoms with E-state index < -0.39 is 0 Å². The van der Waals surface area contributed by atoms with E-state index in [1.54, 1.807) is 13.2 Å². The minimum absolute atomic E-state index is 0.0465. The van der Waals surface area contributed by atoms with E-state index in [1.807, 2.05) is 49.4 Å². The van der Waals surface area contributed by atoms with Crippen molar-refractivity contribution in [2.45, 2.75) is 13.5 Å². The first kappa shape index (κ1) is 16.9. The zero-order valence-electron chi connectivity index (χ0n) is 15.2. The maximum absolute atomic E-state index is 12.2. The van der Waals surface area contributed by atoms with Gasteiger partial charge in [0.2, 0.25) is 0 Å². The first-order chi connectivity index (χ1) is 13.1. The second-order valence-electron chi connectivity index (χ2n) is 6.61. The lowest BCUT2D eigenvalue weighted by atomic mass is 9.88. The van der Waals surface area contributed by atoms with Gasteiger partial charge in [0.1, 0.15) is 5.75 Å². The van der Waals surface area contributed by atoms with E-state index in [0.717, 1.165) is 39.1 Å². The smallest absolute Gasteiger partial charge is 0.251 e. The van der Waals surface area contributed by atoms with Gasteiger partial charge in [-0.25, -0.2) is 0 Å². The molecule has 0 radical (unpaired) electrons. The fourth-order valence-corrected chi connectivity index (χ4v) is 3.56. The Morgan fingerprint density at radius 2 is 1.85 bits per heavy atom. The third-order valence-corrected chi connectivity index (χ3v) is 4.95.